The van der Waals surface area contributed by atoms with Gasteiger partial charge in [-0.2, -0.15) is 0 Å². The van der Waals surface area contributed by atoms with Gasteiger partial charge in [0, 0.05) is 62.3 Å². The lowest BCUT2D eigenvalue weighted by Gasteiger charge is -2.34. The van der Waals surface area contributed by atoms with Gasteiger partial charge < -0.3 is 9.47 Å². The summed E-state index contributed by atoms with van der Waals surface area (Å²) in [5.74, 6) is 1.94. The normalized spacial score (nSPS) is 14.8. The van der Waals surface area contributed by atoms with Crippen LogP contribution in [0, 0.1) is 6.92 Å². The summed E-state index contributed by atoms with van der Waals surface area (Å²) in [6.45, 7) is 8.30. The lowest BCUT2D eigenvalue weighted by atomic mass is 10.1. The average molecular weight is 445 g/mol. The third-order valence-corrected chi connectivity index (χ3v) is 7.28. The van der Waals surface area contributed by atoms with Crippen molar-refractivity contribution < 1.29 is 0 Å². The Kier molecular flexibility index (Phi) is 6.36. The molecule has 0 saturated carbocycles. The molecule has 0 bridgehead atoms. The van der Waals surface area contributed by atoms with Crippen molar-refractivity contribution in [2.45, 2.75) is 18.4 Å². The molecule has 2 aromatic heterocycles. The second-order valence-corrected chi connectivity index (χ2v) is 9.26. The van der Waals surface area contributed by atoms with Crippen LogP contribution in [0.2, 0.25) is 0 Å². The van der Waals surface area contributed by atoms with Gasteiger partial charge in [0.05, 0.1) is 17.4 Å². The molecule has 4 aromatic rings. The maximum absolute atomic E-state index is 4.53. The van der Waals surface area contributed by atoms with Crippen molar-refractivity contribution in [2.75, 3.05) is 43.4 Å². The Morgan fingerprint density at radius 3 is 2.53 bits per heavy atom. The van der Waals surface area contributed by atoms with Crippen LogP contribution in [0.5, 0.6) is 0 Å². The molecule has 0 unspecified atom stereocenters. The summed E-state index contributed by atoms with van der Waals surface area (Å²) >= 11 is 1.96. The van der Waals surface area contributed by atoms with E-state index in [0.717, 1.165) is 56.5 Å². The van der Waals surface area contributed by atoms with Gasteiger partial charge in [0.25, 0.3) is 0 Å². The fraction of sp³-hybridized carbons (Fsp3) is 0.320. The fourth-order valence-corrected chi connectivity index (χ4v) is 5.31. The first-order chi connectivity index (χ1) is 15.8. The smallest absolute Gasteiger partial charge is 0.225 e. The molecule has 3 heterocycles. The molecule has 164 valence electrons. The zero-order valence-corrected chi connectivity index (χ0v) is 19.2. The van der Waals surface area contributed by atoms with E-state index in [-0.39, 0.29) is 0 Å². The first kappa shape index (κ1) is 21.0. The number of aromatic nitrogens is 4. The third kappa shape index (κ3) is 4.64. The first-order valence-electron chi connectivity index (χ1n) is 11.1. The average Bonchev–Trinajstić information content (AvgIpc) is 3.25. The molecule has 7 heteroatoms. The van der Waals surface area contributed by atoms with Crippen molar-refractivity contribution in [3.8, 4) is 0 Å². The van der Waals surface area contributed by atoms with Crippen LogP contribution in [-0.4, -0.2) is 62.9 Å². The van der Waals surface area contributed by atoms with Gasteiger partial charge in [-0.15, -0.1) is 11.8 Å². The number of benzene rings is 2. The molecule has 0 radical (unpaired) electrons. The van der Waals surface area contributed by atoms with Crippen LogP contribution in [0.15, 0.2) is 72.1 Å². The highest BCUT2D eigenvalue weighted by Crippen LogP contribution is 2.26. The highest BCUT2D eigenvalue weighted by molar-refractivity contribution is 7.99. The summed E-state index contributed by atoms with van der Waals surface area (Å²) in [6, 6.07) is 16.9. The summed E-state index contributed by atoms with van der Waals surface area (Å²) in [5.41, 5.74) is 4.97. The number of hydrogen-bond acceptors (Lipinski definition) is 6. The lowest BCUT2D eigenvalue weighted by molar-refractivity contribution is 0.272. The summed E-state index contributed by atoms with van der Waals surface area (Å²) in [5, 5.41) is 0. The van der Waals surface area contributed by atoms with E-state index in [1.807, 2.05) is 42.6 Å². The van der Waals surface area contributed by atoms with Crippen LogP contribution in [0.1, 0.15) is 11.1 Å². The Hall–Kier alpha value is -2.90. The van der Waals surface area contributed by atoms with Crippen molar-refractivity contribution >= 4 is 28.7 Å². The van der Waals surface area contributed by atoms with Crippen molar-refractivity contribution in [3.05, 3.63) is 78.4 Å². The minimum absolute atomic E-state index is 0.847. The highest BCUT2D eigenvalue weighted by Gasteiger charge is 2.18. The largest absolute Gasteiger partial charge is 0.338 e. The number of imidazole rings is 1. The fourth-order valence-electron chi connectivity index (χ4n) is 4.22. The Morgan fingerprint density at radius 1 is 0.875 bits per heavy atom. The number of anilines is 1. The molecule has 0 N–H and O–H groups in total. The van der Waals surface area contributed by atoms with Crippen molar-refractivity contribution in [3.63, 3.8) is 0 Å². The minimum atomic E-state index is 0.847. The molecule has 0 spiro atoms. The molecule has 1 aliphatic heterocycles. The van der Waals surface area contributed by atoms with Crippen molar-refractivity contribution in [1.29, 1.82) is 0 Å². The topological polar surface area (TPSA) is 50.1 Å². The van der Waals surface area contributed by atoms with Crippen LogP contribution in [0.25, 0.3) is 11.0 Å². The molecule has 0 aliphatic carbocycles. The van der Waals surface area contributed by atoms with E-state index < -0.39 is 0 Å². The number of rotatable bonds is 7. The summed E-state index contributed by atoms with van der Waals surface area (Å²) < 4.78 is 2.24. The van der Waals surface area contributed by atoms with Crippen LogP contribution < -0.4 is 4.90 Å². The SMILES string of the molecule is Cc1c(Cn2cnc3ccccc32)cccc1SCCN1CCN(c2ncccn2)CC1. The van der Waals surface area contributed by atoms with E-state index in [1.54, 1.807) is 0 Å². The predicted octanol–water partition coefficient (Wildman–Crippen LogP) is 4.10. The quantitative estimate of drug-likeness (QED) is 0.400. The van der Waals surface area contributed by atoms with Crippen molar-refractivity contribution in [1.82, 2.24) is 24.4 Å². The van der Waals surface area contributed by atoms with Gasteiger partial charge in [-0.25, -0.2) is 15.0 Å². The molecule has 5 rings (SSSR count). The third-order valence-electron chi connectivity index (χ3n) is 6.14. The van der Waals surface area contributed by atoms with E-state index in [2.05, 4.69) is 72.6 Å². The maximum atomic E-state index is 4.53. The van der Waals surface area contributed by atoms with Crippen LogP contribution >= 0.6 is 11.8 Å². The van der Waals surface area contributed by atoms with Gasteiger partial charge in [0.2, 0.25) is 5.95 Å². The van der Waals surface area contributed by atoms with Gasteiger partial charge in [0.15, 0.2) is 0 Å². The summed E-state index contributed by atoms with van der Waals surface area (Å²) in [6.07, 6.45) is 5.58. The molecule has 6 nitrogen and oxygen atoms in total. The Morgan fingerprint density at radius 2 is 1.69 bits per heavy atom. The summed E-state index contributed by atoms with van der Waals surface area (Å²) in [4.78, 5) is 19.5. The maximum Gasteiger partial charge on any atom is 0.225 e. The van der Waals surface area contributed by atoms with E-state index in [0.29, 0.717) is 0 Å². The number of hydrogen-bond donors (Lipinski definition) is 0. The Bertz CT molecular complexity index is 1170. The van der Waals surface area contributed by atoms with E-state index in [4.69, 9.17) is 0 Å². The molecule has 0 amide bonds. The molecule has 32 heavy (non-hydrogen) atoms. The van der Waals surface area contributed by atoms with Gasteiger partial charge in [-0.1, -0.05) is 24.3 Å². The van der Waals surface area contributed by atoms with Gasteiger partial charge in [-0.05, 0) is 42.3 Å². The Labute approximate surface area is 193 Å². The molecule has 0 atom stereocenters. The number of fused-ring (bicyclic) bond motifs is 1. The Balaban J connectivity index is 1.15. The molecule has 2 aromatic carbocycles. The number of nitrogens with zero attached hydrogens (tertiary/aromatic N) is 6. The van der Waals surface area contributed by atoms with Gasteiger partial charge >= 0.3 is 0 Å². The monoisotopic (exact) mass is 444 g/mol. The lowest BCUT2D eigenvalue weighted by Crippen LogP contribution is -2.47. The zero-order valence-electron chi connectivity index (χ0n) is 18.4. The molecular formula is C25H28N6S. The molecule has 1 aliphatic rings. The van der Waals surface area contributed by atoms with Crippen molar-refractivity contribution in [2.24, 2.45) is 0 Å². The van der Waals surface area contributed by atoms with Crippen LogP contribution in [-0.2, 0) is 6.54 Å². The van der Waals surface area contributed by atoms with Gasteiger partial charge in [0.1, 0.15) is 0 Å². The number of piperazine rings is 1. The van der Waals surface area contributed by atoms with E-state index in [1.165, 1.54) is 21.5 Å². The number of thioether (sulfide) groups is 1. The highest BCUT2D eigenvalue weighted by atomic mass is 32.2. The minimum Gasteiger partial charge on any atom is -0.338 e. The first-order valence-corrected chi connectivity index (χ1v) is 12.1. The van der Waals surface area contributed by atoms with Crippen LogP contribution in [0.3, 0.4) is 0 Å². The molecule has 1 fully saturated rings. The molecular weight excluding hydrogens is 416 g/mol. The predicted molar refractivity (Wildman–Crippen MR) is 131 cm³/mol. The summed E-state index contributed by atoms with van der Waals surface area (Å²) in [7, 11) is 0. The van der Waals surface area contributed by atoms with Crippen LogP contribution in [0.4, 0.5) is 5.95 Å². The second-order valence-electron chi connectivity index (χ2n) is 8.13. The number of para-hydroxylation sites is 2. The van der Waals surface area contributed by atoms with E-state index in [9.17, 15) is 0 Å². The zero-order chi connectivity index (χ0) is 21.8. The van der Waals surface area contributed by atoms with Gasteiger partial charge in [-0.3, -0.25) is 4.90 Å². The standard InChI is InChI=1S/C25H28N6S/c1-20-21(18-31-19-28-22-7-2-3-8-23(22)31)6-4-9-24(20)32-17-16-29-12-14-30(15-13-29)25-26-10-5-11-27-25/h2-11,19H,12-18H2,1H3. The van der Waals surface area contributed by atoms with E-state index >= 15 is 0 Å². The molecule has 1 saturated heterocycles. The second kappa shape index (κ2) is 9.71.